The van der Waals surface area contributed by atoms with Crippen LogP contribution in [0.3, 0.4) is 0 Å². The molecular weight excluding hydrogens is 171 g/mol. The summed E-state index contributed by atoms with van der Waals surface area (Å²) in [5.74, 6) is -0.935. The molecule has 0 aliphatic carbocycles. The van der Waals surface area contributed by atoms with Crippen molar-refractivity contribution in [3.05, 3.63) is 23.0 Å². The van der Waals surface area contributed by atoms with Gasteiger partial charge in [-0.05, 0) is 0 Å². The summed E-state index contributed by atoms with van der Waals surface area (Å²) in [6.45, 7) is 0. The first-order valence-corrected chi connectivity index (χ1v) is 3.25. The summed E-state index contributed by atoms with van der Waals surface area (Å²) in [4.78, 5) is 0. The second kappa shape index (κ2) is 2.96. The molecule has 0 heterocycles. The average molecular weight is 177 g/mol. The van der Waals surface area contributed by atoms with Crippen LogP contribution in [-0.2, 0) is 0 Å². The van der Waals surface area contributed by atoms with Crippen molar-refractivity contribution in [3.63, 3.8) is 0 Å². The Kier molecular flexibility index (Phi) is 2.19. The third-order valence-corrected chi connectivity index (χ3v) is 1.47. The molecule has 0 spiro atoms. The van der Waals surface area contributed by atoms with Gasteiger partial charge in [0.05, 0.1) is 12.1 Å². The fourth-order valence-corrected chi connectivity index (χ4v) is 1.02. The standard InChI is InChI=1S/C7H6ClFO2/c1-11-7-5(8)2-4(10)3-6(7)9/h2-3,10H,1H3. The van der Waals surface area contributed by atoms with Gasteiger partial charge >= 0.3 is 0 Å². The van der Waals surface area contributed by atoms with Crippen LogP contribution in [0.2, 0.25) is 5.02 Å². The highest BCUT2D eigenvalue weighted by molar-refractivity contribution is 6.32. The van der Waals surface area contributed by atoms with Gasteiger partial charge in [0.2, 0.25) is 0 Å². The highest BCUT2D eigenvalue weighted by Crippen LogP contribution is 2.31. The third kappa shape index (κ3) is 1.54. The van der Waals surface area contributed by atoms with Gasteiger partial charge in [-0.2, -0.15) is 0 Å². The van der Waals surface area contributed by atoms with Crippen LogP contribution in [0.15, 0.2) is 12.1 Å². The maximum Gasteiger partial charge on any atom is 0.173 e. The molecule has 2 nitrogen and oxygen atoms in total. The lowest BCUT2D eigenvalue weighted by molar-refractivity contribution is 0.382. The molecule has 60 valence electrons. The van der Waals surface area contributed by atoms with E-state index in [2.05, 4.69) is 4.74 Å². The van der Waals surface area contributed by atoms with Gasteiger partial charge in [0.15, 0.2) is 11.6 Å². The van der Waals surface area contributed by atoms with E-state index >= 15 is 0 Å². The summed E-state index contributed by atoms with van der Waals surface area (Å²) in [6, 6.07) is 2.15. The van der Waals surface area contributed by atoms with Crippen molar-refractivity contribution in [2.24, 2.45) is 0 Å². The highest BCUT2D eigenvalue weighted by atomic mass is 35.5. The van der Waals surface area contributed by atoms with Crippen molar-refractivity contribution >= 4 is 11.6 Å². The Hall–Kier alpha value is -0.960. The van der Waals surface area contributed by atoms with E-state index in [1.165, 1.54) is 13.2 Å². The number of methoxy groups -OCH3 is 1. The second-order valence-corrected chi connectivity index (χ2v) is 2.35. The first kappa shape index (κ1) is 8.14. The summed E-state index contributed by atoms with van der Waals surface area (Å²) in [6.07, 6.45) is 0. The maximum atomic E-state index is 12.7. The van der Waals surface area contributed by atoms with Crippen LogP contribution >= 0.6 is 11.6 Å². The number of aromatic hydroxyl groups is 1. The number of phenols is 1. The zero-order chi connectivity index (χ0) is 8.43. The van der Waals surface area contributed by atoms with Crippen molar-refractivity contribution in [1.29, 1.82) is 0 Å². The van der Waals surface area contributed by atoms with Crippen LogP contribution < -0.4 is 4.74 Å². The lowest BCUT2D eigenvalue weighted by atomic mass is 10.3. The lowest BCUT2D eigenvalue weighted by Crippen LogP contribution is -1.88. The normalized spacial score (nSPS) is 9.73. The van der Waals surface area contributed by atoms with E-state index in [4.69, 9.17) is 16.7 Å². The van der Waals surface area contributed by atoms with Crippen LogP contribution in [0.4, 0.5) is 4.39 Å². The average Bonchev–Trinajstić information content (AvgIpc) is 1.85. The maximum absolute atomic E-state index is 12.7. The van der Waals surface area contributed by atoms with Crippen molar-refractivity contribution in [2.75, 3.05) is 7.11 Å². The van der Waals surface area contributed by atoms with E-state index in [0.29, 0.717) is 0 Å². The second-order valence-electron chi connectivity index (χ2n) is 1.94. The molecule has 1 aromatic carbocycles. The molecule has 0 aliphatic rings. The predicted octanol–water partition coefficient (Wildman–Crippen LogP) is 2.19. The predicted molar refractivity (Wildman–Crippen MR) is 39.6 cm³/mol. The summed E-state index contributed by atoms with van der Waals surface area (Å²) in [7, 11) is 1.31. The summed E-state index contributed by atoms with van der Waals surface area (Å²) >= 11 is 5.51. The molecule has 0 saturated carbocycles. The third-order valence-electron chi connectivity index (χ3n) is 1.19. The smallest absolute Gasteiger partial charge is 0.173 e. The monoisotopic (exact) mass is 176 g/mol. The molecule has 1 rings (SSSR count). The van der Waals surface area contributed by atoms with E-state index in [1.54, 1.807) is 0 Å². The van der Waals surface area contributed by atoms with E-state index in [1.807, 2.05) is 0 Å². The zero-order valence-corrected chi connectivity index (χ0v) is 6.52. The number of hydrogen-bond acceptors (Lipinski definition) is 2. The molecule has 0 radical (unpaired) electrons. The largest absolute Gasteiger partial charge is 0.508 e. The van der Waals surface area contributed by atoms with Crippen LogP contribution in [-0.4, -0.2) is 12.2 Å². The molecule has 0 amide bonds. The SMILES string of the molecule is COc1c(F)cc(O)cc1Cl. The Morgan fingerprint density at radius 3 is 2.64 bits per heavy atom. The topological polar surface area (TPSA) is 29.5 Å². The zero-order valence-electron chi connectivity index (χ0n) is 5.77. The molecule has 0 fully saturated rings. The summed E-state index contributed by atoms with van der Waals surface area (Å²) in [5.41, 5.74) is 0. The molecule has 0 saturated heterocycles. The van der Waals surface area contributed by atoms with E-state index in [0.717, 1.165) is 6.07 Å². The lowest BCUT2D eigenvalue weighted by Gasteiger charge is -2.03. The quantitative estimate of drug-likeness (QED) is 0.711. The Balaban J connectivity index is 3.25. The van der Waals surface area contributed by atoms with Crippen molar-refractivity contribution in [3.8, 4) is 11.5 Å². The first-order valence-electron chi connectivity index (χ1n) is 2.87. The number of ether oxygens (including phenoxy) is 1. The number of rotatable bonds is 1. The minimum absolute atomic E-state index is 0.0514. The summed E-state index contributed by atoms with van der Waals surface area (Å²) < 4.78 is 17.4. The van der Waals surface area contributed by atoms with Crippen LogP contribution in [0.1, 0.15) is 0 Å². The van der Waals surface area contributed by atoms with E-state index in [-0.39, 0.29) is 16.5 Å². The minimum atomic E-state index is -0.669. The van der Waals surface area contributed by atoms with Gasteiger partial charge in [0.25, 0.3) is 0 Å². The summed E-state index contributed by atoms with van der Waals surface area (Å²) in [5, 5.41) is 8.89. The van der Waals surface area contributed by atoms with Gasteiger partial charge in [0, 0.05) is 12.1 Å². The molecule has 0 unspecified atom stereocenters. The Morgan fingerprint density at radius 1 is 1.55 bits per heavy atom. The fraction of sp³-hybridized carbons (Fsp3) is 0.143. The van der Waals surface area contributed by atoms with Gasteiger partial charge < -0.3 is 9.84 Å². The Labute approximate surface area is 68.2 Å². The van der Waals surface area contributed by atoms with Gasteiger partial charge in [-0.15, -0.1) is 0 Å². The molecule has 4 heteroatoms. The van der Waals surface area contributed by atoms with Crippen LogP contribution in [0, 0.1) is 5.82 Å². The first-order chi connectivity index (χ1) is 5.15. The number of halogens is 2. The van der Waals surface area contributed by atoms with E-state index < -0.39 is 5.82 Å². The van der Waals surface area contributed by atoms with Crippen molar-refractivity contribution < 1.29 is 14.2 Å². The number of hydrogen-bond donors (Lipinski definition) is 1. The van der Waals surface area contributed by atoms with Crippen LogP contribution in [0.5, 0.6) is 11.5 Å². The number of phenolic OH excluding ortho intramolecular Hbond substituents is 1. The highest BCUT2D eigenvalue weighted by Gasteiger charge is 2.08. The molecule has 0 aromatic heterocycles. The Bertz CT molecular complexity index is 252. The minimum Gasteiger partial charge on any atom is -0.508 e. The molecule has 11 heavy (non-hydrogen) atoms. The van der Waals surface area contributed by atoms with E-state index in [9.17, 15) is 4.39 Å². The fourth-order valence-electron chi connectivity index (χ4n) is 0.742. The molecule has 0 bridgehead atoms. The molecule has 1 aromatic rings. The Morgan fingerprint density at radius 2 is 2.18 bits per heavy atom. The van der Waals surface area contributed by atoms with Gasteiger partial charge in [-0.3, -0.25) is 0 Å². The van der Waals surface area contributed by atoms with Gasteiger partial charge in [-0.25, -0.2) is 4.39 Å². The molecule has 1 N–H and O–H groups in total. The molecule has 0 aliphatic heterocycles. The van der Waals surface area contributed by atoms with Crippen molar-refractivity contribution in [2.45, 2.75) is 0 Å². The van der Waals surface area contributed by atoms with Crippen LogP contribution in [0.25, 0.3) is 0 Å². The molecule has 0 atom stereocenters. The van der Waals surface area contributed by atoms with Gasteiger partial charge in [0.1, 0.15) is 5.75 Å². The number of benzene rings is 1. The molecular formula is C7H6ClFO2. The van der Waals surface area contributed by atoms with Gasteiger partial charge in [-0.1, -0.05) is 11.6 Å². The van der Waals surface area contributed by atoms with Crippen molar-refractivity contribution in [1.82, 2.24) is 0 Å².